The van der Waals surface area contributed by atoms with Crippen LogP contribution in [0.2, 0.25) is 0 Å². The summed E-state index contributed by atoms with van der Waals surface area (Å²) in [6.45, 7) is 0. The number of thioether (sulfide) groups is 1. The average Bonchev–Trinajstić information content (AvgIpc) is 3.11. The van der Waals surface area contributed by atoms with E-state index in [1.54, 1.807) is 37.6 Å². The number of hydrogen-bond donors (Lipinski definition) is 2. The Hall–Kier alpha value is -3.06. The van der Waals surface area contributed by atoms with Crippen LogP contribution in [0, 0.1) is 0 Å². The van der Waals surface area contributed by atoms with E-state index in [0.717, 1.165) is 11.3 Å². The topological polar surface area (TPSA) is 79.4 Å². The van der Waals surface area contributed by atoms with Gasteiger partial charge in [-0.1, -0.05) is 30.3 Å². The van der Waals surface area contributed by atoms with Gasteiger partial charge in [0.05, 0.1) is 7.11 Å². The number of carbonyl (C=O) groups excluding carboxylic acids is 1. The molecular formula is C19H18N4O2S. The van der Waals surface area contributed by atoms with Crippen LogP contribution in [-0.4, -0.2) is 35.7 Å². The fraction of sp³-hybridized carbons (Fsp3) is 0.105. The summed E-state index contributed by atoms with van der Waals surface area (Å²) in [5, 5.41) is 10.5. The van der Waals surface area contributed by atoms with Crippen molar-refractivity contribution in [1.82, 2.24) is 10.2 Å². The van der Waals surface area contributed by atoms with Gasteiger partial charge in [-0.05, 0) is 36.1 Å². The van der Waals surface area contributed by atoms with E-state index in [9.17, 15) is 4.79 Å². The third kappa shape index (κ3) is 4.12. The molecule has 0 spiro atoms. The number of aromatic nitrogens is 2. The van der Waals surface area contributed by atoms with E-state index in [-0.39, 0.29) is 5.91 Å². The summed E-state index contributed by atoms with van der Waals surface area (Å²) in [6, 6.07) is 16.8. The highest BCUT2D eigenvalue weighted by molar-refractivity contribution is 7.98. The second-order valence-corrected chi connectivity index (χ2v) is 6.10. The zero-order valence-corrected chi connectivity index (χ0v) is 15.2. The Morgan fingerprint density at radius 1 is 1.19 bits per heavy atom. The molecule has 2 aromatic carbocycles. The van der Waals surface area contributed by atoms with Crippen molar-refractivity contribution in [2.45, 2.75) is 5.03 Å². The molecule has 0 saturated carbocycles. The van der Waals surface area contributed by atoms with Gasteiger partial charge in [0.2, 0.25) is 0 Å². The van der Waals surface area contributed by atoms with Crippen LogP contribution in [0.4, 0.5) is 11.5 Å². The third-order valence-electron chi connectivity index (χ3n) is 3.62. The molecule has 1 heterocycles. The molecule has 1 amide bonds. The number of methoxy groups -OCH3 is 1. The van der Waals surface area contributed by atoms with Gasteiger partial charge < -0.3 is 10.1 Å². The maximum Gasteiger partial charge on any atom is 0.262 e. The molecule has 26 heavy (non-hydrogen) atoms. The first-order valence-corrected chi connectivity index (χ1v) is 9.10. The van der Waals surface area contributed by atoms with E-state index in [0.29, 0.717) is 22.1 Å². The lowest BCUT2D eigenvalue weighted by Crippen LogP contribution is -2.12. The first-order valence-electron chi connectivity index (χ1n) is 7.88. The minimum absolute atomic E-state index is 0.270. The maximum absolute atomic E-state index is 12.8. The number of aromatic amines is 1. The second kappa shape index (κ2) is 8.35. The van der Waals surface area contributed by atoms with Gasteiger partial charge in [0.15, 0.2) is 5.82 Å². The average molecular weight is 366 g/mol. The SMILES string of the molecule is COc1ccc(NC(=O)c2c(SC)n[nH]c2/N=C\c2ccccc2)cc1. The second-order valence-electron chi connectivity index (χ2n) is 5.31. The van der Waals surface area contributed by atoms with Crippen molar-refractivity contribution in [2.75, 3.05) is 18.7 Å². The van der Waals surface area contributed by atoms with E-state index in [1.807, 2.05) is 36.6 Å². The number of nitrogens with zero attached hydrogens (tertiary/aromatic N) is 2. The van der Waals surface area contributed by atoms with Crippen molar-refractivity contribution in [3.8, 4) is 5.75 Å². The minimum Gasteiger partial charge on any atom is -0.497 e. The molecular weight excluding hydrogens is 348 g/mol. The molecule has 6 nitrogen and oxygen atoms in total. The monoisotopic (exact) mass is 366 g/mol. The van der Waals surface area contributed by atoms with Crippen molar-refractivity contribution in [3.05, 3.63) is 65.7 Å². The van der Waals surface area contributed by atoms with Crippen molar-refractivity contribution >= 4 is 35.4 Å². The molecule has 132 valence electrons. The normalized spacial score (nSPS) is 10.8. The van der Waals surface area contributed by atoms with Crippen LogP contribution < -0.4 is 10.1 Å². The number of ether oxygens (including phenoxy) is 1. The molecule has 0 aliphatic carbocycles. The summed E-state index contributed by atoms with van der Waals surface area (Å²) in [5.41, 5.74) is 2.02. The van der Waals surface area contributed by atoms with Gasteiger partial charge in [0.25, 0.3) is 5.91 Å². The van der Waals surface area contributed by atoms with E-state index in [4.69, 9.17) is 4.74 Å². The van der Waals surface area contributed by atoms with Gasteiger partial charge in [-0.25, -0.2) is 4.99 Å². The number of hydrogen-bond acceptors (Lipinski definition) is 5. The number of benzene rings is 2. The Balaban J connectivity index is 1.84. The van der Waals surface area contributed by atoms with Gasteiger partial charge in [0, 0.05) is 11.9 Å². The maximum atomic E-state index is 12.8. The van der Waals surface area contributed by atoms with E-state index >= 15 is 0 Å². The molecule has 7 heteroatoms. The first-order chi connectivity index (χ1) is 12.7. The Kier molecular flexibility index (Phi) is 5.70. The number of amides is 1. The summed E-state index contributed by atoms with van der Waals surface area (Å²) < 4.78 is 5.13. The summed E-state index contributed by atoms with van der Waals surface area (Å²) in [5.74, 6) is 0.877. The fourth-order valence-corrected chi connectivity index (χ4v) is 2.84. The van der Waals surface area contributed by atoms with Gasteiger partial charge >= 0.3 is 0 Å². The molecule has 0 unspecified atom stereocenters. The molecule has 0 radical (unpaired) electrons. The van der Waals surface area contributed by atoms with Gasteiger partial charge in [0.1, 0.15) is 16.3 Å². The van der Waals surface area contributed by atoms with Crippen molar-refractivity contribution in [3.63, 3.8) is 0 Å². The summed E-state index contributed by atoms with van der Waals surface area (Å²) in [7, 11) is 1.60. The van der Waals surface area contributed by atoms with E-state index in [1.165, 1.54) is 11.8 Å². The van der Waals surface area contributed by atoms with Crippen LogP contribution in [0.25, 0.3) is 0 Å². The molecule has 2 N–H and O–H groups in total. The number of anilines is 1. The van der Waals surface area contributed by atoms with Crippen molar-refractivity contribution in [1.29, 1.82) is 0 Å². The van der Waals surface area contributed by atoms with Gasteiger partial charge in [-0.3, -0.25) is 9.89 Å². The Morgan fingerprint density at radius 3 is 2.58 bits per heavy atom. The highest BCUT2D eigenvalue weighted by Crippen LogP contribution is 2.27. The lowest BCUT2D eigenvalue weighted by molar-refractivity contribution is 0.102. The molecule has 0 bridgehead atoms. The number of H-pyrrole nitrogens is 1. The quantitative estimate of drug-likeness (QED) is 0.507. The number of rotatable bonds is 6. The number of nitrogens with one attached hydrogen (secondary N) is 2. The standard InChI is InChI=1S/C19H18N4O2S/c1-25-15-10-8-14(9-11-15)21-18(24)16-17(22-23-19(16)26-2)20-12-13-6-4-3-5-7-13/h3-12H,1-2H3,(H,21,24)(H,22,23)/b20-12-. The Bertz CT molecular complexity index is 905. The van der Waals surface area contributed by atoms with E-state index < -0.39 is 0 Å². The zero-order chi connectivity index (χ0) is 18.4. The summed E-state index contributed by atoms with van der Waals surface area (Å²) in [4.78, 5) is 17.1. The van der Waals surface area contributed by atoms with Crippen molar-refractivity contribution < 1.29 is 9.53 Å². The van der Waals surface area contributed by atoms with Crippen LogP contribution in [0.1, 0.15) is 15.9 Å². The Labute approximate surface area is 155 Å². The molecule has 0 atom stereocenters. The van der Waals surface area contributed by atoms with Gasteiger partial charge in [-0.15, -0.1) is 11.8 Å². The molecule has 0 aliphatic rings. The van der Waals surface area contributed by atoms with Crippen molar-refractivity contribution in [2.24, 2.45) is 4.99 Å². The highest BCUT2D eigenvalue weighted by atomic mass is 32.2. The predicted octanol–water partition coefficient (Wildman–Crippen LogP) is 4.14. The Morgan fingerprint density at radius 2 is 1.92 bits per heavy atom. The fourth-order valence-electron chi connectivity index (χ4n) is 2.31. The zero-order valence-electron chi connectivity index (χ0n) is 14.4. The molecule has 3 rings (SSSR count). The van der Waals surface area contributed by atoms with Crippen LogP contribution >= 0.6 is 11.8 Å². The predicted molar refractivity (Wildman–Crippen MR) is 105 cm³/mol. The smallest absolute Gasteiger partial charge is 0.262 e. The minimum atomic E-state index is -0.270. The first kappa shape index (κ1) is 17.8. The van der Waals surface area contributed by atoms with E-state index in [2.05, 4.69) is 20.5 Å². The van der Waals surface area contributed by atoms with Crippen LogP contribution in [0.5, 0.6) is 5.75 Å². The summed E-state index contributed by atoms with van der Waals surface area (Å²) >= 11 is 1.39. The number of aliphatic imine (C=N–C) groups is 1. The molecule has 0 aliphatic heterocycles. The molecule has 3 aromatic rings. The molecule has 1 aromatic heterocycles. The largest absolute Gasteiger partial charge is 0.497 e. The highest BCUT2D eigenvalue weighted by Gasteiger charge is 2.20. The lowest BCUT2D eigenvalue weighted by atomic mass is 10.2. The molecule has 0 saturated heterocycles. The third-order valence-corrected chi connectivity index (χ3v) is 4.31. The summed E-state index contributed by atoms with van der Waals surface area (Å²) in [6.07, 6.45) is 3.56. The van der Waals surface area contributed by atoms with Gasteiger partial charge in [-0.2, -0.15) is 5.10 Å². The van der Waals surface area contributed by atoms with Crippen LogP contribution in [0.15, 0.2) is 64.6 Å². The molecule has 0 fully saturated rings. The number of carbonyl (C=O) groups is 1. The lowest BCUT2D eigenvalue weighted by Gasteiger charge is -2.06. The van der Waals surface area contributed by atoms with Crippen LogP contribution in [-0.2, 0) is 0 Å². The van der Waals surface area contributed by atoms with Crippen LogP contribution in [0.3, 0.4) is 0 Å².